The van der Waals surface area contributed by atoms with E-state index >= 15 is 0 Å². The SMILES string of the molecule is Cc1csc(CCCCNC(=O)c2cccc(S(=O)(=O)Nc3ccccc3Cl)c2)n1. The third kappa shape index (κ3) is 6.04. The van der Waals surface area contributed by atoms with Crippen LogP contribution in [-0.4, -0.2) is 25.9 Å². The standard InChI is InChI=1S/C21H22ClN3O3S2/c1-15-14-29-20(24-15)11-4-5-12-23-21(26)16-7-6-8-17(13-16)30(27,28)25-19-10-3-2-9-18(19)22/h2-3,6-10,13-14,25H,4-5,11-12H2,1H3,(H,23,26). The van der Waals surface area contributed by atoms with Gasteiger partial charge in [-0.05, 0) is 56.5 Å². The molecule has 2 N–H and O–H groups in total. The van der Waals surface area contributed by atoms with E-state index in [1.165, 1.54) is 12.1 Å². The highest BCUT2D eigenvalue weighted by molar-refractivity contribution is 7.92. The van der Waals surface area contributed by atoms with Crippen molar-refractivity contribution in [1.29, 1.82) is 0 Å². The number of sulfonamides is 1. The van der Waals surface area contributed by atoms with Crippen LogP contribution in [0.15, 0.2) is 58.8 Å². The maximum absolute atomic E-state index is 12.7. The van der Waals surface area contributed by atoms with Crippen LogP contribution < -0.4 is 10.0 Å². The number of unbranched alkanes of at least 4 members (excludes halogenated alkanes) is 1. The molecule has 0 aliphatic carbocycles. The van der Waals surface area contributed by atoms with Crippen LogP contribution in [0, 0.1) is 6.92 Å². The van der Waals surface area contributed by atoms with E-state index in [2.05, 4.69) is 15.0 Å². The highest BCUT2D eigenvalue weighted by Gasteiger charge is 2.17. The Hall–Kier alpha value is -2.42. The van der Waals surface area contributed by atoms with Gasteiger partial charge in [-0.1, -0.05) is 29.8 Å². The molecule has 0 bridgehead atoms. The minimum atomic E-state index is -3.87. The number of hydrogen-bond acceptors (Lipinski definition) is 5. The van der Waals surface area contributed by atoms with E-state index in [4.69, 9.17) is 11.6 Å². The van der Waals surface area contributed by atoms with E-state index in [0.717, 1.165) is 30.0 Å². The van der Waals surface area contributed by atoms with E-state index in [1.54, 1.807) is 47.7 Å². The summed E-state index contributed by atoms with van der Waals surface area (Å²) in [6.07, 6.45) is 2.62. The van der Waals surface area contributed by atoms with Gasteiger partial charge in [-0.2, -0.15) is 0 Å². The van der Waals surface area contributed by atoms with Crippen LogP contribution in [0.4, 0.5) is 5.69 Å². The van der Waals surface area contributed by atoms with Gasteiger partial charge in [-0.15, -0.1) is 11.3 Å². The summed E-state index contributed by atoms with van der Waals surface area (Å²) in [5, 5.41) is 6.26. The number of para-hydroxylation sites is 1. The molecule has 0 spiro atoms. The minimum absolute atomic E-state index is 0.00536. The van der Waals surface area contributed by atoms with Gasteiger partial charge in [0.05, 0.1) is 20.6 Å². The van der Waals surface area contributed by atoms with Gasteiger partial charge in [-0.25, -0.2) is 13.4 Å². The molecule has 1 amide bonds. The van der Waals surface area contributed by atoms with Gasteiger partial charge in [0.15, 0.2) is 0 Å². The molecule has 0 fully saturated rings. The predicted octanol–water partition coefficient (Wildman–Crippen LogP) is 4.66. The van der Waals surface area contributed by atoms with E-state index in [0.29, 0.717) is 11.6 Å². The summed E-state index contributed by atoms with van der Waals surface area (Å²) in [4.78, 5) is 16.8. The van der Waals surface area contributed by atoms with Crippen molar-refractivity contribution in [2.45, 2.75) is 31.1 Å². The Kier molecular flexibility index (Phi) is 7.47. The first-order chi connectivity index (χ1) is 14.3. The number of carbonyl (C=O) groups excluding carboxylic acids is 1. The smallest absolute Gasteiger partial charge is 0.261 e. The lowest BCUT2D eigenvalue weighted by Gasteiger charge is -2.11. The molecule has 1 aromatic heterocycles. The van der Waals surface area contributed by atoms with Gasteiger partial charge < -0.3 is 5.32 Å². The molecule has 0 radical (unpaired) electrons. The number of amides is 1. The molecule has 158 valence electrons. The van der Waals surface area contributed by atoms with E-state index in [9.17, 15) is 13.2 Å². The molecule has 0 saturated carbocycles. The average Bonchev–Trinajstić information content (AvgIpc) is 3.14. The summed E-state index contributed by atoms with van der Waals surface area (Å²) >= 11 is 7.67. The third-order valence-corrected chi connectivity index (χ3v) is 7.01. The Balaban J connectivity index is 1.56. The molecule has 0 saturated heterocycles. The van der Waals surface area contributed by atoms with Gasteiger partial charge in [-0.3, -0.25) is 9.52 Å². The summed E-state index contributed by atoms with van der Waals surface area (Å²) < 4.78 is 27.8. The van der Waals surface area contributed by atoms with Crippen molar-refractivity contribution in [1.82, 2.24) is 10.3 Å². The van der Waals surface area contributed by atoms with Crippen LogP contribution in [0.3, 0.4) is 0 Å². The second-order valence-electron chi connectivity index (χ2n) is 6.71. The normalized spacial score (nSPS) is 11.3. The number of aryl methyl sites for hydroxylation is 2. The van der Waals surface area contributed by atoms with Crippen molar-refractivity contribution in [3.63, 3.8) is 0 Å². The van der Waals surface area contributed by atoms with Crippen LogP contribution >= 0.6 is 22.9 Å². The van der Waals surface area contributed by atoms with Crippen molar-refractivity contribution in [2.75, 3.05) is 11.3 Å². The molecule has 9 heteroatoms. The van der Waals surface area contributed by atoms with Crippen molar-refractivity contribution < 1.29 is 13.2 Å². The highest BCUT2D eigenvalue weighted by atomic mass is 35.5. The molecule has 1 heterocycles. The number of aromatic nitrogens is 1. The van der Waals surface area contributed by atoms with Gasteiger partial charge in [0.2, 0.25) is 0 Å². The van der Waals surface area contributed by atoms with Crippen LogP contribution in [0.2, 0.25) is 5.02 Å². The number of anilines is 1. The maximum Gasteiger partial charge on any atom is 0.261 e. The summed E-state index contributed by atoms with van der Waals surface area (Å²) in [7, 11) is -3.87. The molecule has 0 atom stereocenters. The number of thiazole rings is 1. The van der Waals surface area contributed by atoms with Crippen molar-refractivity contribution >= 4 is 44.6 Å². The summed E-state index contributed by atoms with van der Waals surface area (Å²) in [6, 6.07) is 12.5. The zero-order valence-corrected chi connectivity index (χ0v) is 18.8. The van der Waals surface area contributed by atoms with E-state index < -0.39 is 10.0 Å². The second-order valence-corrected chi connectivity index (χ2v) is 9.74. The zero-order chi connectivity index (χ0) is 21.6. The number of nitrogens with one attached hydrogen (secondary N) is 2. The van der Waals surface area contributed by atoms with Gasteiger partial charge >= 0.3 is 0 Å². The van der Waals surface area contributed by atoms with Crippen molar-refractivity contribution in [3.05, 3.63) is 75.2 Å². The first kappa shape index (κ1) is 22.3. The quantitative estimate of drug-likeness (QED) is 0.452. The summed E-state index contributed by atoms with van der Waals surface area (Å²) in [5.74, 6) is -0.310. The molecule has 0 unspecified atom stereocenters. The first-order valence-electron chi connectivity index (χ1n) is 9.42. The Morgan fingerprint density at radius 3 is 2.67 bits per heavy atom. The molecular weight excluding hydrogens is 442 g/mol. The largest absolute Gasteiger partial charge is 0.352 e. The molecule has 2 aromatic carbocycles. The molecular formula is C21H22ClN3O3S2. The lowest BCUT2D eigenvalue weighted by atomic mass is 10.2. The van der Waals surface area contributed by atoms with Crippen molar-refractivity contribution in [3.8, 4) is 0 Å². The topological polar surface area (TPSA) is 88.2 Å². The summed E-state index contributed by atoms with van der Waals surface area (Å²) in [5.41, 5.74) is 1.60. The van der Waals surface area contributed by atoms with Crippen molar-refractivity contribution in [2.24, 2.45) is 0 Å². The Morgan fingerprint density at radius 2 is 1.93 bits per heavy atom. The number of rotatable bonds is 9. The van der Waals surface area contributed by atoms with Gasteiger partial charge in [0.25, 0.3) is 15.9 Å². The fourth-order valence-electron chi connectivity index (χ4n) is 2.77. The monoisotopic (exact) mass is 463 g/mol. The zero-order valence-electron chi connectivity index (χ0n) is 16.4. The van der Waals surface area contributed by atoms with Gasteiger partial charge in [0.1, 0.15) is 0 Å². The van der Waals surface area contributed by atoms with Crippen LogP contribution in [-0.2, 0) is 16.4 Å². The molecule has 6 nitrogen and oxygen atoms in total. The molecule has 30 heavy (non-hydrogen) atoms. The van der Waals surface area contributed by atoms with E-state index in [-0.39, 0.29) is 22.1 Å². The Morgan fingerprint density at radius 1 is 1.13 bits per heavy atom. The molecule has 0 aliphatic heterocycles. The highest BCUT2D eigenvalue weighted by Crippen LogP contribution is 2.24. The number of benzene rings is 2. The average molecular weight is 464 g/mol. The number of carbonyl (C=O) groups is 1. The third-order valence-electron chi connectivity index (χ3n) is 4.29. The Bertz CT molecular complexity index is 1130. The van der Waals surface area contributed by atoms with Crippen LogP contribution in [0.25, 0.3) is 0 Å². The predicted molar refractivity (Wildman–Crippen MR) is 121 cm³/mol. The fraction of sp³-hybridized carbons (Fsp3) is 0.238. The fourth-order valence-corrected chi connectivity index (χ4v) is 4.96. The lowest BCUT2D eigenvalue weighted by molar-refractivity contribution is 0.0953. The maximum atomic E-state index is 12.7. The number of nitrogens with zero attached hydrogens (tertiary/aromatic N) is 1. The summed E-state index contributed by atoms with van der Waals surface area (Å²) in [6.45, 7) is 2.48. The number of halogens is 1. The van der Waals surface area contributed by atoms with Crippen LogP contribution in [0.1, 0.15) is 33.9 Å². The van der Waals surface area contributed by atoms with Gasteiger partial charge in [0, 0.05) is 23.2 Å². The van der Waals surface area contributed by atoms with Crippen LogP contribution in [0.5, 0.6) is 0 Å². The lowest BCUT2D eigenvalue weighted by Crippen LogP contribution is -2.25. The first-order valence-corrected chi connectivity index (χ1v) is 12.2. The number of hydrogen-bond donors (Lipinski definition) is 2. The second kappa shape index (κ2) is 10.1. The molecule has 3 rings (SSSR count). The molecule has 3 aromatic rings. The Labute approximate surface area is 185 Å². The van der Waals surface area contributed by atoms with E-state index in [1.807, 2.05) is 12.3 Å². The molecule has 0 aliphatic rings. The minimum Gasteiger partial charge on any atom is -0.352 e.